The van der Waals surface area contributed by atoms with Crippen LogP contribution in [0.25, 0.3) is 0 Å². The van der Waals surface area contributed by atoms with Gasteiger partial charge in [-0.25, -0.2) is 0 Å². The van der Waals surface area contributed by atoms with E-state index in [1.54, 1.807) is 6.07 Å². The van der Waals surface area contributed by atoms with Gasteiger partial charge in [-0.05, 0) is 30.2 Å². The average molecular weight is 192 g/mol. The molecule has 4 heteroatoms. The molecule has 0 aliphatic carbocycles. The molecule has 0 spiro atoms. The molecule has 0 saturated carbocycles. The van der Waals surface area contributed by atoms with E-state index in [4.69, 9.17) is 16.2 Å². The van der Waals surface area contributed by atoms with E-state index in [-0.39, 0.29) is 11.8 Å². The van der Waals surface area contributed by atoms with Crippen LogP contribution in [0.3, 0.4) is 0 Å². The first-order valence-electron chi connectivity index (χ1n) is 4.47. The summed E-state index contributed by atoms with van der Waals surface area (Å²) in [6.45, 7) is 0.367. The van der Waals surface area contributed by atoms with E-state index in [9.17, 15) is 4.79 Å². The first-order chi connectivity index (χ1) is 6.66. The Morgan fingerprint density at radius 2 is 2.29 bits per heavy atom. The van der Waals surface area contributed by atoms with E-state index in [1.165, 1.54) is 0 Å². The summed E-state index contributed by atoms with van der Waals surface area (Å²) < 4.78 is 5.40. The van der Waals surface area contributed by atoms with Crippen molar-refractivity contribution in [3.05, 3.63) is 23.8 Å². The minimum Gasteiger partial charge on any atom is -0.492 e. The molecule has 4 N–H and O–H groups in total. The lowest BCUT2D eigenvalue weighted by atomic mass is 9.96. The number of hydrogen-bond donors (Lipinski definition) is 2. The second-order valence-electron chi connectivity index (χ2n) is 3.48. The molecule has 0 aromatic heterocycles. The summed E-state index contributed by atoms with van der Waals surface area (Å²) in [6.07, 6.45) is 0.621. The summed E-state index contributed by atoms with van der Waals surface area (Å²) in [5.41, 5.74) is 12.5. The SMILES string of the molecule is NC(=O)C1COc2ccc(N)cc2C1. The van der Waals surface area contributed by atoms with Gasteiger partial charge in [0.2, 0.25) is 5.91 Å². The number of fused-ring (bicyclic) bond motifs is 1. The predicted octanol–water partition coefficient (Wildman–Crippen LogP) is 0.305. The number of benzene rings is 1. The summed E-state index contributed by atoms with van der Waals surface area (Å²) in [4.78, 5) is 11.0. The first kappa shape index (κ1) is 8.87. The first-order valence-corrected chi connectivity index (χ1v) is 4.47. The van der Waals surface area contributed by atoms with Gasteiger partial charge in [-0.1, -0.05) is 0 Å². The van der Waals surface area contributed by atoms with Crippen LogP contribution in [-0.2, 0) is 11.2 Å². The number of anilines is 1. The molecule has 1 unspecified atom stereocenters. The number of carbonyl (C=O) groups excluding carboxylic acids is 1. The third-order valence-corrected chi connectivity index (χ3v) is 2.39. The molecule has 1 aromatic rings. The summed E-state index contributed by atoms with van der Waals surface area (Å²) >= 11 is 0. The van der Waals surface area contributed by atoms with Crippen molar-refractivity contribution >= 4 is 11.6 Å². The number of carbonyl (C=O) groups is 1. The van der Waals surface area contributed by atoms with Crippen molar-refractivity contribution in [2.24, 2.45) is 11.7 Å². The molecular formula is C10H12N2O2. The lowest BCUT2D eigenvalue weighted by Gasteiger charge is -2.23. The van der Waals surface area contributed by atoms with Crippen LogP contribution in [0.1, 0.15) is 5.56 Å². The number of rotatable bonds is 1. The molecule has 0 saturated heterocycles. The highest BCUT2D eigenvalue weighted by molar-refractivity contribution is 5.77. The fourth-order valence-electron chi connectivity index (χ4n) is 1.60. The van der Waals surface area contributed by atoms with Crippen molar-refractivity contribution in [1.82, 2.24) is 0 Å². The van der Waals surface area contributed by atoms with Crippen LogP contribution in [0.2, 0.25) is 0 Å². The average Bonchev–Trinajstić information content (AvgIpc) is 2.16. The molecule has 1 aliphatic rings. The molecule has 0 bridgehead atoms. The van der Waals surface area contributed by atoms with E-state index in [0.29, 0.717) is 18.7 Å². The van der Waals surface area contributed by atoms with Gasteiger partial charge in [-0.2, -0.15) is 0 Å². The zero-order chi connectivity index (χ0) is 10.1. The second kappa shape index (κ2) is 3.21. The lowest BCUT2D eigenvalue weighted by Crippen LogP contribution is -2.33. The molecule has 1 amide bonds. The van der Waals surface area contributed by atoms with Crippen molar-refractivity contribution in [3.63, 3.8) is 0 Å². The number of amides is 1. The van der Waals surface area contributed by atoms with Crippen molar-refractivity contribution in [2.75, 3.05) is 12.3 Å². The minimum atomic E-state index is -0.321. The largest absolute Gasteiger partial charge is 0.492 e. The molecule has 4 nitrogen and oxygen atoms in total. The van der Waals surface area contributed by atoms with Gasteiger partial charge in [0, 0.05) is 5.69 Å². The van der Waals surface area contributed by atoms with Crippen molar-refractivity contribution in [2.45, 2.75) is 6.42 Å². The molecule has 14 heavy (non-hydrogen) atoms. The zero-order valence-corrected chi connectivity index (χ0v) is 7.69. The van der Waals surface area contributed by atoms with Gasteiger partial charge in [0.25, 0.3) is 0 Å². The third-order valence-electron chi connectivity index (χ3n) is 2.39. The van der Waals surface area contributed by atoms with E-state index >= 15 is 0 Å². The molecule has 1 aromatic carbocycles. The third kappa shape index (κ3) is 1.51. The van der Waals surface area contributed by atoms with Crippen LogP contribution in [0, 0.1) is 5.92 Å². The van der Waals surface area contributed by atoms with E-state index in [0.717, 1.165) is 11.3 Å². The lowest BCUT2D eigenvalue weighted by molar-refractivity contribution is -0.123. The Hall–Kier alpha value is -1.71. The summed E-state index contributed by atoms with van der Waals surface area (Å²) in [7, 11) is 0. The molecule has 74 valence electrons. The van der Waals surface area contributed by atoms with Gasteiger partial charge in [-0.3, -0.25) is 4.79 Å². The van der Waals surface area contributed by atoms with Gasteiger partial charge in [0.15, 0.2) is 0 Å². The van der Waals surface area contributed by atoms with Crippen LogP contribution < -0.4 is 16.2 Å². The van der Waals surface area contributed by atoms with Crippen LogP contribution in [0.4, 0.5) is 5.69 Å². The maximum Gasteiger partial charge on any atom is 0.224 e. The predicted molar refractivity (Wildman–Crippen MR) is 52.7 cm³/mol. The van der Waals surface area contributed by atoms with E-state index in [2.05, 4.69) is 0 Å². The molecule has 2 rings (SSSR count). The molecule has 0 fully saturated rings. The normalized spacial score (nSPS) is 19.6. The Balaban J connectivity index is 2.29. The maximum atomic E-state index is 11.0. The van der Waals surface area contributed by atoms with E-state index < -0.39 is 0 Å². The van der Waals surface area contributed by atoms with Crippen LogP contribution in [0.15, 0.2) is 18.2 Å². The molecular weight excluding hydrogens is 180 g/mol. The maximum absolute atomic E-state index is 11.0. The molecule has 1 atom stereocenters. The fraction of sp³-hybridized carbons (Fsp3) is 0.300. The van der Waals surface area contributed by atoms with Gasteiger partial charge in [-0.15, -0.1) is 0 Å². The summed E-state index contributed by atoms with van der Waals surface area (Å²) in [6, 6.07) is 5.43. The van der Waals surface area contributed by atoms with Crippen molar-refractivity contribution in [3.8, 4) is 5.75 Å². The number of nitrogen functional groups attached to an aromatic ring is 1. The Kier molecular flexibility index (Phi) is 2.04. The second-order valence-corrected chi connectivity index (χ2v) is 3.48. The van der Waals surface area contributed by atoms with Crippen molar-refractivity contribution in [1.29, 1.82) is 0 Å². The number of primary amides is 1. The Bertz CT molecular complexity index is 376. The highest BCUT2D eigenvalue weighted by Gasteiger charge is 2.23. The minimum absolute atomic E-state index is 0.232. The number of ether oxygens (including phenoxy) is 1. The van der Waals surface area contributed by atoms with Crippen LogP contribution in [0.5, 0.6) is 5.75 Å². The van der Waals surface area contributed by atoms with E-state index in [1.807, 2.05) is 12.1 Å². The van der Waals surface area contributed by atoms with Gasteiger partial charge in [0.1, 0.15) is 12.4 Å². The molecule has 0 radical (unpaired) electrons. The fourth-order valence-corrected chi connectivity index (χ4v) is 1.60. The quantitative estimate of drug-likeness (QED) is 0.628. The summed E-state index contributed by atoms with van der Waals surface area (Å²) in [5, 5.41) is 0. The monoisotopic (exact) mass is 192 g/mol. The topological polar surface area (TPSA) is 78.3 Å². The van der Waals surface area contributed by atoms with Gasteiger partial charge >= 0.3 is 0 Å². The van der Waals surface area contributed by atoms with Crippen molar-refractivity contribution < 1.29 is 9.53 Å². The molecule has 1 aliphatic heterocycles. The highest BCUT2D eigenvalue weighted by Crippen LogP contribution is 2.28. The number of nitrogens with two attached hydrogens (primary N) is 2. The Morgan fingerprint density at radius 1 is 1.50 bits per heavy atom. The Morgan fingerprint density at radius 3 is 3.00 bits per heavy atom. The highest BCUT2D eigenvalue weighted by atomic mass is 16.5. The standard InChI is InChI=1S/C10H12N2O2/c11-8-1-2-9-6(4-8)3-7(5-14-9)10(12)13/h1-2,4,7H,3,5,11H2,(H2,12,13). The smallest absolute Gasteiger partial charge is 0.224 e. The summed E-state index contributed by atoms with van der Waals surface area (Å²) in [5.74, 6) is 0.249. The van der Waals surface area contributed by atoms with Gasteiger partial charge < -0.3 is 16.2 Å². The zero-order valence-electron chi connectivity index (χ0n) is 7.69. The Labute approximate surface area is 81.8 Å². The van der Waals surface area contributed by atoms with Crippen LogP contribution in [-0.4, -0.2) is 12.5 Å². The number of hydrogen-bond acceptors (Lipinski definition) is 3. The van der Waals surface area contributed by atoms with Crippen LogP contribution >= 0.6 is 0 Å². The molecule has 1 heterocycles. The van der Waals surface area contributed by atoms with Gasteiger partial charge in [0.05, 0.1) is 5.92 Å².